The van der Waals surface area contributed by atoms with Gasteiger partial charge in [0.2, 0.25) is 0 Å². The fourth-order valence-electron chi connectivity index (χ4n) is 2.42. The predicted molar refractivity (Wildman–Crippen MR) is 99.4 cm³/mol. The lowest BCUT2D eigenvalue weighted by Crippen LogP contribution is -2.19. The maximum absolute atomic E-state index is 2.48. The number of hydrogen-bond acceptors (Lipinski definition) is 0. The van der Waals surface area contributed by atoms with Crippen LogP contribution >= 0.6 is 14.5 Å². The van der Waals surface area contributed by atoms with Crippen molar-refractivity contribution >= 4 is 25.1 Å². The average Bonchev–Trinajstić information content (AvgIpc) is 2.47. The maximum Gasteiger partial charge on any atom is 0.0975 e. The Hall–Kier alpha value is -0.700. The van der Waals surface area contributed by atoms with E-state index >= 15 is 0 Å². The van der Waals surface area contributed by atoms with E-state index in [1.54, 1.807) is 10.6 Å². The standard InChI is InChI=1S/C18H26P2/c1-19(2,17-11-7-5-8-12-17)15-16-20(3,4)18-13-9-6-10-14-18/h5-14H,15-16H2,1-4H3/q+2. The molecule has 0 nitrogen and oxygen atoms in total. The lowest BCUT2D eigenvalue weighted by Gasteiger charge is -2.22. The average molecular weight is 304 g/mol. The molecular formula is C18H26P2+2. The van der Waals surface area contributed by atoms with Gasteiger partial charge in [0.25, 0.3) is 0 Å². The van der Waals surface area contributed by atoms with Gasteiger partial charge in [0.05, 0.1) is 49.6 Å². The van der Waals surface area contributed by atoms with Crippen LogP contribution in [0.2, 0.25) is 0 Å². The summed E-state index contributed by atoms with van der Waals surface area (Å²) in [7, 11) is -1.97. The molecule has 2 rings (SSSR count). The zero-order valence-electron chi connectivity index (χ0n) is 13.1. The Morgan fingerprint density at radius 3 is 1.15 bits per heavy atom. The van der Waals surface area contributed by atoms with Crippen LogP contribution in [0.3, 0.4) is 0 Å². The first-order valence-electron chi connectivity index (χ1n) is 7.19. The summed E-state index contributed by atoms with van der Waals surface area (Å²) in [5.41, 5.74) is 0. The third-order valence-corrected chi connectivity index (χ3v) is 10.6. The van der Waals surface area contributed by atoms with Crippen LogP contribution in [0.15, 0.2) is 60.7 Å². The number of benzene rings is 2. The van der Waals surface area contributed by atoms with E-state index < -0.39 is 14.5 Å². The van der Waals surface area contributed by atoms with E-state index in [1.165, 1.54) is 12.3 Å². The van der Waals surface area contributed by atoms with Gasteiger partial charge in [-0.1, -0.05) is 36.4 Å². The molecule has 2 heteroatoms. The molecule has 2 aromatic rings. The van der Waals surface area contributed by atoms with Gasteiger partial charge >= 0.3 is 0 Å². The number of hydrogen-bond donors (Lipinski definition) is 0. The van der Waals surface area contributed by atoms with Crippen molar-refractivity contribution in [1.29, 1.82) is 0 Å². The SMILES string of the molecule is C[P+](C)(CC[P+](C)(C)c1ccccc1)c1ccccc1. The van der Waals surface area contributed by atoms with Crippen LogP contribution in [0.5, 0.6) is 0 Å². The van der Waals surface area contributed by atoms with Gasteiger partial charge in [-0.2, -0.15) is 0 Å². The molecule has 0 aliphatic carbocycles. The Morgan fingerprint density at radius 1 is 0.550 bits per heavy atom. The second kappa shape index (κ2) is 6.38. The first-order chi connectivity index (χ1) is 9.42. The van der Waals surface area contributed by atoms with E-state index in [0.717, 1.165) is 0 Å². The third-order valence-electron chi connectivity index (χ3n) is 4.13. The first-order valence-corrected chi connectivity index (χ1v) is 12.9. The van der Waals surface area contributed by atoms with E-state index in [2.05, 4.69) is 87.3 Å². The van der Waals surface area contributed by atoms with E-state index in [0.29, 0.717) is 0 Å². The van der Waals surface area contributed by atoms with E-state index in [4.69, 9.17) is 0 Å². The van der Waals surface area contributed by atoms with Crippen LogP contribution in [-0.4, -0.2) is 39.0 Å². The van der Waals surface area contributed by atoms with Crippen molar-refractivity contribution in [2.24, 2.45) is 0 Å². The van der Waals surface area contributed by atoms with Gasteiger partial charge in [0.1, 0.15) is 0 Å². The first kappa shape index (κ1) is 15.7. The molecule has 0 heterocycles. The molecule has 0 spiro atoms. The molecule has 0 bridgehead atoms. The van der Waals surface area contributed by atoms with Crippen molar-refractivity contribution in [3.8, 4) is 0 Å². The van der Waals surface area contributed by atoms with Crippen molar-refractivity contribution < 1.29 is 0 Å². The summed E-state index contributed by atoms with van der Waals surface area (Å²) in [4.78, 5) is 0. The van der Waals surface area contributed by atoms with E-state index in [-0.39, 0.29) is 0 Å². The van der Waals surface area contributed by atoms with Crippen LogP contribution in [0, 0.1) is 0 Å². The van der Waals surface area contributed by atoms with Gasteiger partial charge in [-0.3, -0.25) is 0 Å². The lowest BCUT2D eigenvalue weighted by molar-refractivity contribution is 1.45. The molecule has 0 aromatic heterocycles. The highest BCUT2D eigenvalue weighted by Crippen LogP contribution is 2.57. The molecule has 0 saturated heterocycles. The van der Waals surface area contributed by atoms with Crippen LogP contribution in [0.1, 0.15) is 0 Å². The van der Waals surface area contributed by atoms with Gasteiger partial charge in [-0.25, -0.2) is 0 Å². The lowest BCUT2D eigenvalue weighted by atomic mass is 10.4. The fraction of sp³-hybridized carbons (Fsp3) is 0.333. The van der Waals surface area contributed by atoms with Gasteiger partial charge in [-0.15, -0.1) is 0 Å². The summed E-state index contributed by atoms with van der Waals surface area (Å²) < 4.78 is 0. The molecular weight excluding hydrogens is 278 g/mol. The highest BCUT2D eigenvalue weighted by Gasteiger charge is 2.36. The summed E-state index contributed by atoms with van der Waals surface area (Å²) in [5.74, 6) is 0. The van der Waals surface area contributed by atoms with E-state index in [9.17, 15) is 0 Å². The Labute approximate surface area is 125 Å². The van der Waals surface area contributed by atoms with Gasteiger partial charge < -0.3 is 0 Å². The zero-order chi connectivity index (χ0) is 14.6. The monoisotopic (exact) mass is 304 g/mol. The fourth-order valence-corrected chi connectivity index (χ4v) is 8.90. The van der Waals surface area contributed by atoms with Crippen LogP contribution in [-0.2, 0) is 0 Å². The minimum absolute atomic E-state index is 0.984. The van der Waals surface area contributed by atoms with Crippen molar-refractivity contribution in [3.63, 3.8) is 0 Å². The van der Waals surface area contributed by atoms with Gasteiger partial charge in [0, 0.05) is 14.5 Å². The minimum Gasteiger partial charge on any atom is -0.0620 e. The van der Waals surface area contributed by atoms with Crippen molar-refractivity contribution in [2.45, 2.75) is 0 Å². The normalized spacial score (nSPS) is 12.4. The van der Waals surface area contributed by atoms with Crippen molar-refractivity contribution in [3.05, 3.63) is 60.7 Å². The Balaban J connectivity index is 2.08. The molecule has 0 radical (unpaired) electrons. The summed E-state index contributed by atoms with van der Waals surface area (Å²) in [6.07, 6.45) is 2.71. The Morgan fingerprint density at radius 2 is 0.850 bits per heavy atom. The molecule has 0 fully saturated rings. The minimum atomic E-state index is -0.984. The van der Waals surface area contributed by atoms with E-state index in [1.807, 2.05) is 0 Å². The predicted octanol–water partition coefficient (Wildman–Crippen LogP) is 4.19. The van der Waals surface area contributed by atoms with Crippen LogP contribution in [0.4, 0.5) is 0 Å². The summed E-state index contributed by atoms with van der Waals surface area (Å²) in [6, 6.07) is 22.2. The third kappa shape index (κ3) is 3.91. The van der Waals surface area contributed by atoms with Gasteiger partial charge in [-0.05, 0) is 24.3 Å². The highest BCUT2D eigenvalue weighted by atomic mass is 31.2. The largest absolute Gasteiger partial charge is 0.0975 e. The summed E-state index contributed by atoms with van der Waals surface area (Å²) in [6.45, 7) is 9.92. The second-order valence-electron chi connectivity index (χ2n) is 6.49. The molecule has 20 heavy (non-hydrogen) atoms. The maximum atomic E-state index is 2.48. The Bertz CT molecular complexity index is 478. The molecule has 0 atom stereocenters. The van der Waals surface area contributed by atoms with Crippen LogP contribution in [0.25, 0.3) is 0 Å². The molecule has 0 aliphatic heterocycles. The molecule has 0 N–H and O–H groups in total. The molecule has 106 valence electrons. The smallest absolute Gasteiger partial charge is 0.0620 e. The van der Waals surface area contributed by atoms with Crippen molar-refractivity contribution in [2.75, 3.05) is 39.0 Å². The molecule has 2 aromatic carbocycles. The molecule has 0 unspecified atom stereocenters. The zero-order valence-corrected chi connectivity index (χ0v) is 14.9. The number of rotatable bonds is 5. The Kier molecular flexibility index (Phi) is 5.00. The highest BCUT2D eigenvalue weighted by molar-refractivity contribution is 7.85. The van der Waals surface area contributed by atoms with Crippen LogP contribution < -0.4 is 10.6 Å². The molecule has 0 saturated carbocycles. The quantitative estimate of drug-likeness (QED) is 0.727. The summed E-state index contributed by atoms with van der Waals surface area (Å²) >= 11 is 0. The molecule has 0 amide bonds. The van der Waals surface area contributed by atoms with Gasteiger partial charge in [0.15, 0.2) is 0 Å². The topological polar surface area (TPSA) is 0 Å². The second-order valence-corrected chi connectivity index (χ2v) is 15.2. The molecule has 0 aliphatic rings. The van der Waals surface area contributed by atoms with Crippen molar-refractivity contribution in [1.82, 2.24) is 0 Å². The summed E-state index contributed by atoms with van der Waals surface area (Å²) in [5, 5.41) is 3.13.